The molecule has 2 rings (SSSR count). The van der Waals surface area contributed by atoms with E-state index in [9.17, 15) is 0 Å². The maximum Gasteiger partial charge on any atom is 0.0963 e. The summed E-state index contributed by atoms with van der Waals surface area (Å²) in [7, 11) is 0. The minimum atomic E-state index is 0.905. The molecule has 0 amide bonds. The molecule has 2 aliphatic rings. The Morgan fingerprint density at radius 2 is 1.94 bits per heavy atom. The van der Waals surface area contributed by atoms with Gasteiger partial charge in [0.25, 0.3) is 0 Å². The summed E-state index contributed by atoms with van der Waals surface area (Å²) in [5.74, 6) is 3.16. The maximum absolute atomic E-state index is 4.63. The van der Waals surface area contributed by atoms with Crippen LogP contribution in [0, 0.1) is 11.8 Å². The fourth-order valence-corrected chi connectivity index (χ4v) is 2.81. The molecule has 1 aliphatic heterocycles. The Balaban J connectivity index is 1.68. The minimum absolute atomic E-state index is 0.905. The van der Waals surface area contributed by atoms with Crippen LogP contribution in [0.15, 0.2) is 4.99 Å². The summed E-state index contributed by atoms with van der Waals surface area (Å²) in [4.78, 5) is 4.63. The molecular weight excluding hydrogens is 196 g/mol. The van der Waals surface area contributed by atoms with Crippen molar-refractivity contribution in [2.24, 2.45) is 16.8 Å². The van der Waals surface area contributed by atoms with Gasteiger partial charge in [-0.15, -0.1) is 0 Å². The summed E-state index contributed by atoms with van der Waals surface area (Å²) < 4.78 is 0. The summed E-state index contributed by atoms with van der Waals surface area (Å²) in [6, 6.07) is 0. The van der Waals surface area contributed by atoms with E-state index < -0.39 is 0 Å². The van der Waals surface area contributed by atoms with E-state index in [1.54, 1.807) is 0 Å². The molecule has 92 valence electrons. The molecule has 0 atom stereocenters. The summed E-state index contributed by atoms with van der Waals surface area (Å²) in [6.07, 6.45) is 10.8. The van der Waals surface area contributed by atoms with E-state index in [0.29, 0.717) is 0 Å². The molecule has 0 unspecified atom stereocenters. The molecule has 1 saturated carbocycles. The molecular formula is C14H26N2. The Hall–Kier alpha value is -0.530. The average Bonchev–Trinajstić information content (AvgIpc) is 2.57. The second-order valence-corrected chi connectivity index (χ2v) is 5.65. The molecule has 0 saturated heterocycles. The van der Waals surface area contributed by atoms with Crippen molar-refractivity contribution in [3.05, 3.63) is 0 Å². The number of rotatable bonds is 2. The number of hydrogen-bond acceptors (Lipinski definition) is 2. The molecule has 1 N–H and O–H groups in total. The summed E-state index contributed by atoms with van der Waals surface area (Å²) in [6.45, 7) is 4.61. The topological polar surface area (TPSA) is 24.4 Å². The van der Waals surface area contributed by atoms with E-state index in [2.05, 4.69) is 17.2 Å². The van der Waals surface area contributed by atoms with Crippen molar-refractivity contribution in [3.63, 3.8) is 0 Å². The highest BCUT2D eigenvalue weighted by Crippen LogP contribution is 2.27. The first-order valence-electron chi connectivity index (χ1n) is 7.12. The van der Waals surface area contributed by atoms with Crippen LogP contribution in [0.2, 0.25) is 0 Å². The van der Waals surface area contributed by atoms with Crippen molar-refractivity contribution in [1.29, 1.82) is 0 Å². The molecule has 0 bridgehead atoms. The van der Waals surface area contributed by atoms with Gasteiger partial charge in [-0.3, -0.25) is 4.99 Å². The third kappa shape index (κ3) is 3.80. The Kier molecular flexibility index (Phi) is 4.68. The zero-order chi connectivity index (χ0) is 11.2. The van der Waals surface area contributed by atoms with Gasteiger partial charge in [0.2, 0.25) is 0 Å². The number of amidine groups is 1. The largest absolute Gasteiger partial charge is 0.374 e. The number of nitrogens with one attached hydrogen (secondary N) is 1. The molecule has 2 nitrogen and oxygen atoms in total. The van der Waals surface area contributed by atoms with E-state index in [-0.39, 0.29) is 0 Å². The summed E-state index contributed by atoms with van der Waals surface area (Å²) in [5, 5.41) is 3.60. The molecule has 1 heterocycles. The Bertz CT molecular complexity index is 227. The highest BCUT2D eigenvalue weighted by Gasteiger charge is 2.18. The SMILES string of the molecule is CC1CCC(CNC2=NCCCCC2)CC1. The van der Waals surface area contributed by atoms with E-state index in [1.165, 1.54) is 63.7 Å². The highest BCUT2D eigenvalue weighted by atomic mass is 15.0. The van der Waals surface area contributed by atoms with Gasteiger partial charge in [-0.05, 0) is 37.5 Å². The first-order valence-corrected chi connectivity index (χ1v) is 7.12. The van der Waals surface area contributed by atoms with Gasteiger partial charge in [0.05, 0.1) is 5.84 Å². The third-order valence-corrected chi connectivity index (χ3v) is 4.10. The predicted octanol–water partition coefficient (Wildman–Crippen LogP) is 3.37. The van der Waals surface area contributed by atoms with Gasteiger partial charge >= 0.3 is 0 Å². The van der Waals surface area contributed by atoms with Crippen molar-refractivity contribution < 1.29 is 0 Å². The van der Waals surface area contributed by atoms with E-state index in [1.807, 2.05) is 0 Å². The van der Waals surface area contributed by atoms with Crippen LogP contribution in [0.25, 0.3) is 0 Å². The van der Waals surface area contributed by atoms with Crippen LogP contribution in [-0.2, 0) is 0 Å². The normalized spacial score (nSPS) is 31.7. The van der Waals surface area contributed by atoms with E-state index in [0.717, 1.165) is 18.4 Å². The third-order valence-electron chi connectivity index (χ3n) is 4.10. The Morgan fingerprint density at radius 3 is 2.75 bits per heavy atom. The van der Waals surface area contributed by atoms with Crippen LogP contribution in [-0.4, -0.2) is 18.9 Å². The van der Waals surface area contributed by atoms with E-state index in [4.69, 9.17) is 0 Å². The second-order valence-electron chi connectivity index (χ2n) is 5.65. The Morgan fingerprint density at radius 1 is 1.12 bits per heavy atom. The Labute approximate surface area is 99.9 Å². The minimum Gasteiger partial charge on any atom is -0.374 e. The fourth-order valence-electron chi connectivity index (χ4n) is 2.81. The van der Waals surface area contributed by atoms with Gasteiger partial charge in [-0.25, -0.2) is 0 Å². The van der Waals surface area contributed by atoms with Crippen LogP contribution >= 0.6 is 0 Å². The molecule has 0 aromatic carbocycles. The van der Waals surface area contributed by atoms with Crippen LogP contribution in [0.1, 0.15) is 58.3 Å². The van der Waals surface area contributed by atoms with Gasteiger partial charge in [-0.2, -0.15) is 0 Å². The zero-order valence-corrected chi connectivity index (χ0v) is 10.7. The second kappa shape index (κ2) is 6.27. The lowest BCUT2D eigenvalue weighted by Crippen LogP contribution is -2.31. The molecule has 1 aliphatic carbocycles. The van der Waals surface area contributed by atoms with Crippen LogP contribution in [0.3, 0.4) is 0 Å². The average molecular weight is 222 g/mol. The smallest absolute Gasteiger partial charge is 0.0963 e. The van der Waals surface area contributed by atoms with Gasteiger partial charge in [0, 0.05) is 19.5 Å². The quantitative estimate of drug-likeness (QED) is 0.761. The number of hydrogen-bond donors (Lipinski definition) is 1. The number of aliphatic imine (C=N–C) groups is 1. The van der Waals surface area contributed by atoms with Gasteiger partial charge in [-0.1, -0.05) is 26.2 Å². The standard InChI is InChI=1S/C14H26N2/c1-12-6-8-13(9-7-12)11-16-14-5-3-2-4-10-15-14/h12-13H,2-11H2,1H3,(H,15,16). The van der Waals surface area contributed by atoms with Crippen molar-refractivity contribution in [2.45, 2.75) is 58.3 Å². The van der Waals surface area contributed by atoms with Gasteiger partial charge in [0.1, 0.15) is 0 Å². The fraction of sp³-hybridized carbons (Fsp3) is 0.929. The van der Waals surface area contributed by atoms with Gasteiger partial charge in [0.15, 0.2) is 0 Å². The van der Waals surface area contributed by atoms with Crippen molar-refractivity contribution in [2.75, 3.05) is 13.1 Å². The van der Waals surface area contributed by atoms with Crippen LogP contribution < -0.4 is 5.32 Å². The molecule has 0 spiro atoms. The lowest BCUT2D eigenvalue weighted by Gasteiger charge is -2.26. The molecule has 0 radical (unpaired) electrons. The lowest BCUT2D eigenvalue weighted by atomic mass is 9.83. The molecule has 2 heteroatoms. The molecule has 16 heavy (non-hydrogen) atoms. The predicted molar refractivity (Wildman–Crippen MR) is 69.9 cm³/mol. The summed E-state index contributed by atoms with van der Waals surface area (Å²) in [5.41, 5.74) is 0. The van der Waals surface area contributed by atoms with Gasteiger partial charge < -0.3 is 5.32 Å². The van der Waals surface area contributed by atoms with Crippen molar-refractivity contribution >= 4 is 5.84 Å². The zero-order valence-electron chi connectivity index (χ0n) is 10.7. The number of nitrogens with zero attached hydrogens (tertiary/aromatic N) is 1. The van der Waals surface area contributed by atoms with Crippen molar-refractivity contribution in [1.82, 2.24) is 5.32 Å². The molecule has 0 aromatic rings. The monoisotopic (exact) mass is 222 g/mol. The summed E-state index contributed by atoms with van der Waals surface area (Å²) >= 11 is 0. The maximum atomic E-state index is 4.63. The van der Waals surface area contributed by atoms with Crippen LogP contribution in [0.5, 0.6) is 0 Å². The first-order chi connectivity index (χ1) is 7.84. The van der Waals surface area contributed by atoms with E-state index >= 15 is 0 Å². The first kappa shape index (κ1) is 11.9. The van der Waals surface area contributed by atoms with Crippen LogP contribution in [0.4, 0.5) is 0 Å². The lowest BCUT2D eigenvalue weighted by molar-refractivity contribution is 0.290. The molecule has 1 fully saturated rings. The molecule has 0 aromatic heterocycles. The van der Waals surface area contributed by atoms with Crippen molar-refractivity contribution in [3.8, 4) is 0 Å². The highest BCUT2D eigenvalue weighted by molar-refractivity contribution is 5.82.